The van der Waals surface area contributed by atoms with Gasteiger partial charge in [-0.2, -0.15) is 0 Å². The number of rotatable bonds is 5. The summed E-state index contributed by atoms with van der Waals surface area (Å²) in [6.45, 7) is 0.767. The van der Waals surface area contributed by atoms with Gasteiger partial charge in [0.2, 0.25) is 0 Å². The minimum Gasteiger partial charge on any atom is -0.372 e. The SMILES string of the molecule is CNc1ncnc(NCCc2nccn2C)c1Br. The van der Waals surface area contributed by atoms with Crippen LogP contribution in [0.5, 0.6) is 0 Å². The maximum absolute atomic E-state index is 4.27. The predicted octanol–water partition coefficient (Wildman–Crippen LogP) is 1.67. The number of imidazole rings is 1. The van der Waals surface area contributed by atoms with Crippen molar-refractivity contribution in [2.75, 3.05) is 24.2 Å². The average Bonchev–Trinajstić information content (AvgIpc) is 2.77. The van der Waals surface area contributed by atoms with Crippen LogP contribution in [0, 0.1) is 0 Å². The number of aromatic nitrogens is 4. The summed E-state index contributed by atoms with van der Waals surface area (Å²) in [4.78, 5) is 12.6. The second-order valence-electron chi connectivity index (χ2n) is 3.77. The number of anilines is 2. The Morgan fingerprint density at radius 1 is 1.28 bits per heavy atom. The highest BCUT2D eigenvalue weighted by atomic mass is 79.9. The first-order chi connectivity index (χ1) is 8.72. The molecule has 0 atom stereocenters. The Hall–Kier alpha value is -1.63. The molecule has 18 heavy (non-hydrogen) atoms. The standard InChI is InChI=1S/C11H15BrN6/c1-13-10-9(12)11(17-7-16-10)15-4-3-8-14-5-6-18(8)2/h5-7H,3-4H2,1-2H3,(H2,13,15,16,17). The van der Waals surface area contributed by atoms with Gasteiger partial charge >= 0.3 is 0 Å². The van der Waals surface area contributed by atoms with E-state index in [4.69, 9.17) is 0 Å². The fraction of sp³-hybridized carbons (Fsp3) is 0.364. The van der Waals surface area contributed by atoms with Crippen LogP contribution in [0.25, 0.3) is 0 Å². The van der Waals surface area contributed by atoms with E-state index < -0.39 is 0 Å². The fourth-order valence-electron chi connectivity index (χ4n) is 1.60. The zero-order valence-corrected chi connectivity index (χ0v) is 11.9. The van der Waals surface area contributed by atoms with Gasteiger partial charge in [0.15, 0.2) is 0 Å². The zero-order valence-electron chi connectivity index (χ0n) is 10.3. The highest BCUT2D eigenvalue weighted by Crippen LogP contribution is 2.25. The first-order valence-corrected chi connectivity index (χ1v) is 6.40. The molecule has 0 amide bonds. The molecule has 0 saturated carbocycles. The maximum atomic E-state index is 4.27. The molecule has 0 aliphatic heterocycles. The van der Waals surface area contributed by atoms with Crippen molar-refractivity contribution in [3.63, 3.8) is 0 Å². The molecule has 0 aliphatic carbocycles. The lowest BCUT2D eigenvalue weighted by molar-refractivity contribution is 0.788. The van der Waals surface area contributed by atoms with Gasteiger partial charge in [0.25, 0.3) is 0 Å². The van der Waals surface area contributed by atoms with Crippen molar-refractivity contribution in [2.24, 2.45) is 7.05 Å². The summed E-state index contributed by atoms with van der Waals surface area (Å²) in [5.74, 6) is 2.59. The number of nitrogens with zero attached hydrogens (tertiary/aromatic N) is 4. The molecule has 0 saturated heterocycles. The molecule has 0 unspecified atom stereocenters. The second kappa shape index (κ2) is 5.81. The van der Waals surface area contributed by atoms with Gasteiger partial charge in [0.1, 0.15) is 28.3 Å². The largest absolute Gasteiger partial charge is 0.372 e. The third-order valence-electron chi connectivity index (χ3n) is 2.59. The smallest absolute Gasteiger partial charge is 0.145 e. The normalized spacial score (nSPS) is 10.4. The highest BCUT2D eigenvalue weighted by molar-refractivity contribution is 9.10. The lowest BCUT2D eigenvalue weighted by Crippen LogP contribution is -2.10. The van der Waals surface area contributed by atoms with Crippen LogP contribution in [0.15, 0.2) is 23.2 Å². The summed E-state index contributed by atoms with van der Waals surface area (Å²) < 4.78 is 2.85. The Morgan fingerprint density at radius 3 is 2.72 bits per heavy atom. The topological polar surface area (TPSA) is 67.7 Å². The van der Waals surface area contributed by atoms with Crippen molar-refractivity contribution in [3.05, 3.63) is 29.0 Å². The molecule has 7 heteroatoms. The Balaban J connectivity index is 1.96. The van der Waals surface area contributed by atoms with Gasteiger partial charge in [-0.15, -0.1) is 0 Å². The van der Waals surface area contributed by atoms with Crippen LogP contribution < -0.4 is 10.6 Å². The Morgan fingerprint density at radius 2 is 2.06 bits per heavy atom. The quantitative estimate of drug-likeness (QED) is 0.879. The van der Waals surface area contributed by atoms with Crippen molar-refractivity contribution in [3.8, 4) is 0 Å². The molecule has 6 nitrogen and oxygen atoms in total. The van der Waals surface area contributed by atoms with Crippen molar-refractivity contribution in [2.45, 2.75) is 6.42 Å². The Labute approximate surface area is 114 Å². The summed E-state index contributed by atoms with van der Waals surface area (Å²) in [5.41, 5.74) is 0. The summed E-state index contributed by atoms with van der Waals surface area (Å²) >= 11 is 3.46. The Bertz CT molecular complexity index is 524. The van der Waals surface area contributed by atoms with E-state index in [1.165, 1.54) is 6.33 Å². The molecule has 96 valence electrons. The zero-order chi connectivity index (χ0) is 13.0. The molecule has 0 aliphatic rings. The number of aryl methyl sites for hydroxylation is 1. The molecule has 2 aromatic rings. The molecule has 2 aromatic heterocycles. The fourth-order valence-corrected chi connectivity index (χ4v) is 2.14. The number of hydrogen-bond donors (Lipinski definition) is 2. The first kappa shape index (κ1) is 12.8. The number of hydrogen-bond acceptors (Lipinski definition) is 5. The lowest BCUT2D eigenvalue weighted by Gasteiger charge is -2.09. The molecule has 0 aromatic carbocycles. The highest BCUT2D eigenvalue weighted by Gasteiger charge is 2.07. The minimum atomic E-state index is 0.767. The summed E-state index contributed by atoms with van der Waals surface area (Å²) in [5, 5.41) is 6.26. The van der Waals surface area contributed by atoms with Gasteiger partial charge in [-0.1, -0.05) is 0 Å². The van der Waals surface area contributed by atoms with Crippen LogP contribution in [-0.2, 0) is 13.5 Å². The number of nitrogens with one attached hydrogen (secondary N) is 2. The van der Waals surface area contributed by atoms with E-state index in [1.807, 2.05) is 24.9 Å². The molecule has 2 heterocycles. The van der Waals surface area contributed by atoms with Gasteiger partial charge in [-0.05, 0) is 15.9 Å². The van der Waals surface area contributed by atoms with E-state index >= 15 is 0 Å². The second-order valence-corrected chi connectivity index (χ2v) is 4.56. The average molecular weight is 311 g/mol. The van der Waals surface area contributed by atoms with E-state index in [-0.39, 0.29) is 0 Å². The van der Waals surface area contributed by atoms with Crippen molar-refractivity contribution >= 4 is 27.6 Å². The lowest BCUT2D eigenvalue weighted by atomic mass is 10.4. The van der Waals surface area contributed by atoms with Crippen LogP contribution in [0.2, 0.25) is 0 Å². The van der Waals surface area contributed by atoms with E-state index in [9.17, 15) is 0 Å². The van der Waals surface area contributed by atoms with Crippen molar-refractivity contribution < 1.29 is 0 Å². The predicted molar refractivity (Wildman–Crippen MR) is 74.7 cm³/mol. The molecule has 0 fully saturated rings. The molecule has 2 rings (SSSR count). The first-order valence-electron chi connectivity index (χ1n) is 5.60. The van der Waals surface area contributed by atoms with Crippen molar-refractivity contribution in [1.82, 2.24) is 19.5 Å². The molecule has 0 radical (unpaired) electrons. The van der Waals surface area contributed by atoms with Gasteiger partial charge in [-0.25, -0.2) is 15.0 Å². The van der Waals surface area contributed by atoms with E-state index in [0.29, 0.717) is 0 Å². The number of halogens is 1. The summed E-state index contributed by atoms with van der Waals surface area (Å²) in [6.07, 6.45) is 6.11. The van der Waals surface area contributed by atoms with Gasteiger partial charge < -0.3 is 15.2 Å². The maximum Gasteiger partial charge on any atom is 0.145 e. The van der Waals surface area contributed by atoms with E-state index in [0.717, 1.165) is 34.9 Å². The molecule has 0 bridgehead atoms. The third kappa shape index (κ3) is 2.79. The summed E-state index contributed by atoms with van der Waals surface area (Å²) in [6, 6.07) is 0. The molecule has 2 N–H and O–H groups in total. The van der Waals surface area contributed by atoms with Crippen LogP contribution >= 0.6 is 15.9 Å². The van der Waals surface area contributed by atoms with E-state index in [1.54, 1.807) is 6.20 Å². The molecular weight excluding hydrogens is 296 g/mol. The van der Waals surface area contributed by atoms with Gasteiger partial charge in [0, 0.05) is 39.5 Å². The Kier molecular flexibility index (Phi) is 4.14. The molecule has 0 spiro atoms. The van der Waals surface area contributed by atoms with Crippen molar-refractivity contribution in [1.29, 1.82) is 0 Å². The summed E-state index contributed by atoms with van der Waals surface area (Å²) in [7, 11) is 3.81. The van der Waals surface area contributed by atoms with Crippen LogP contribution in [0.1, 0.15) is 5.82 Å². The van der Waals surface area contributed by atoms with Crippen LogP contribution in [-0.4, -0.2) is 33.1 Å². The van der Waals surface area contributed by atoms with Crippen LogP contribution in [0.3, 0.4) is 0 Å². The van der Waals surface area contributed by atoms with Gasteiger partial charge in [-0.3, -0.25) is 0 Å². The third-order valence-corrected chi connectivity index (χ3v) is 3.34. The van der Waals surface area contributed by atoms with E-state index in [2.05, 4.69) is 41.5 Å². The minimum absolute atomic E-state index is 0.767. The van der Waals surface area contributed by atoms with Gasteiger partial charge in [0.05, 0.1) is 0 Å². The molecular formula is C11H15BrN6. The van der Waals surface area contributed by atoms with Crippen LogP contribution in [0.4, 0.5) is 11.6 Å². The monoisotopic (exact) mass is 310 g/mol.